The van der Waals surface area contributed by atoms with E-state index in [1.54, 1.807) is 4.90 Å². The van der Waals surface area contributed by atoms with Crippen LogP contribution in [0.5, 0.6) is 0 Å². The minimum Gasteiger partial charge on any atom is -0.343 e. The lowest BCUT2D eigenvalue weighted by molar-refractivity contribution is -0.135. The lowest BCUT2D eigenvalue weighted by Crippen LogP contribution is -2.51. The van der Waals surface area contributed by atoms with Gasteiger partial charge in [0, 0.05) is 25.5 Å². The molecular weight excluding hydrogens is 437 g/mol. The third-order valence-corrected chi connectivity index (χ3v) is 8.02. The van der Waals surface area contributed by atoms with Gasteiger partial charge in [0.25, 0.3) is 10.0 Å². The van der Waals surface area contributed by atoms with Gasteiger partial charge in [0.1, 0.15) is 10.9 Å². The number of rotatable bonds is 4. The minimum atomic E-state index is -4.19. The zero-order valence-electron chi connectivity index (χ0n) is 16.0. The predicted molar refractivity (Wildman–Crippen MR) is 111 cm³/mol. The van der Waals surface area contributed by atoms with Gasteiger partial charge < -0.3 is 10.2 Å². The summed E-state index contributed by atoms with van der Waals surface area (Å²) in [7, 11) is -4.19. The Morgan fingerprint density at radius 3 is 2.76 bits per heavy atom. The fraction of sp³-hybridized carbons (Fsp3) is 0.474. The standard InChI is InChI=1S/C19H23Cl2N3O4S/c1-13-4-3-9-23(10-7-13)17(25)12-15-19(26)22-8-11-24(15)29(27,28)16-6-2-5-14(20)18(16)21/h2,5-6,8,11,13,15H,3-4,7,9-10,12H2,1H3,(H,22,26)/t13?,15-/m1/s1. The predicted octanol–water partition coefficient (Wildman–Crippen LogP) is 2.99. The number of hydrogen-bond acceptors (Lipinski definition) is 4. The van der Waals surface area contributed by atoms with E-state index in [0.717, 1.165) is 23.6 Å². The normalized spacial score (nSPS) is 22.9. The molecule has 1 aromatic carbocycles. The van der Waals surface area contributed by atoms with Gasteiger partial charge >= 0.3 is 0 Å². The van der Waals surface area contributed by atoms with Crippen molar-refractivity contribution < 1.29 is 18.0 Å². The van der Waals surface area contributed by atoms with Crippen LogP contribution in [0.15, 0.2) is 35.5 Å². The first-order chi connectivity index (χ1) is 13.7. The van der Waals surface area contributed by atoms with E-state index in [2.05, 4.69) is 12.2 Å². The molecule has 2 heterocycles. The first-order valence-corrected chi connectivity index (χ1v) is 11.6. The maximum Gasteiger partial charge on any atom is 0.266 e. The lowest BCUT2D eigenvalue weighted by atomic mass is 10.0. The zero-order valence-corrected chi connectivity index (χ0v) is 18.3. The molecule has 2 atom stereocenters. The number of amides is 2. The Morgan fingerprint density at radius 1 is 1.24 bits per heavy atom. The maximum atomic E-state index is 13.2. The molecule has 0 spiro atoms. The van der Waals surface area contributed by atoms with E-state index in [0.29, 0.717) is 19.0 Å². The molecule has 0 bridgehead atoms. The van der Waals surface area contributed by atoms with E-state index in [9.17, 15) is 18.0 Å². The molecule has 1 fully saturated rings. The van der Waals surface area contributed by atoms with Gasteiger partial charge in [-0.1, -0.05) is 36.2 Å². The molecule has 1 unspecified atom stereocenters. The van der Waals surface area contributed by atoms with Gasteiger partial charge in [0.05, 0.1) is 16.5 Å². The van der Waals surface area contributed by atoms with Crippen molar-refractivity contribution in [2.24, 2.45) is 5.92 Å². The molecule has 0 radical (unpaired) electrons. The lowest BCUT2D eigenvalue weighted by Gasteiger charge is -2.32. The fourth-order valence-electron chi connectivity index (χ4n) is 3.54. The van der Waals surface area contributed by atoms with E-state index in [4.69, 9.17) is 23.2 Å². The van der Waals surface area contributed by atoms with Crippen molar-refractivity contribution in [3.05, 3.63) is 40.6 Å². The summed E-state index contributed by atoms with van der Waals surface area (Å²) in [5.41, 5.74) is 0. The van der Waals surface area contributed by atoms with Crippen LogP contribution in [0.3, 0.4) is 0 Å². The van der Waals surface area contributed by atoms with Gasteiger partial charge in [-0.3, -0.25) is 13.9 Å². The summed E-state index contributed by atoms with van der Waals surface area (Å²) in [6.07, 6.45) is 5.04. The quantitative estimate of drug-likeness (QED) is 0.749. The van der Waals surface area contributed by atoms with Crippen LogP contribution in [-0.4, -0.2) is 48.6 Å². The van der Waals surface area contributed by atoms with Gasteiger partial charge in [-0.25, -0.2) is 8.42 Å². The maximum absolute atomic E-state index is 13.2. The van der Waals surface area contributed by atoms with Crippen LogP contribution in [-0.2, 0) is 19.6 Å². The third kappa shape index (κ3) is 4.70. The van der Waals surface area contributed by atoms with Crippen molar-refractivity contribution in [2.45, 2.75) is 43.5 Å². The van der Waals surface area contributed by atoms with Crippen molar-refractivity contribution in [2.75, 3.05) is 13.1 Å². The highest BCUT2D eigenvalue weighted by Gasteiger charge is 2.39. The highest BCUT2D eigenvalue weighted by Crippen LogP contribution is 2.33. The molecule has 2 aliphatic rings. The Balaban J connectivity index is 1.86. The van der Waals surface area contributed by atoms with Crippen LogP contribution in [0, 0.1) is 5.92 Å². The summed E-state index contributed by atoms with van der Waals surface area (Å²) in [4.78, 5) is 26.8. The Labute approximate surface area is 180 Å². The molecule has 2 amide bonds. The van der Waals surface area contributed by atoms with Gasteiger partial charge in [0.15, 0.2) is 0 Å². The van der Waals surface area contributed by atoms with E-state index in [1.165, 1.54) is 30.6 Å². The van der Waals surface area contributed by atoms with Crippen molar-refractivity contribution in [1.82, 2.24) is 14.5 Å². The van der Waals surface area contributed by atoms with Gasteiger partial charge in [-0.2, -0.15) is 0 Å². The molecule has 158 valence electrons. The SMILES string of the molecule is CC1CCCN(C(=O)C[C@@H]2C(=O)NC=CN2S(=O)(=O)c2cccc(Cl)c2Cl)CC1. The van der Waals surface area contributed by atoms with Crippen LogP contribution in [0.2, 0.25) is 10.0 Å². The minimum absolute atomic E-state index is 0.0875. The number of hydrogen-bond donors (Lipinski definition) is 1. The second-order valence-corrected chi connectivity index (χ2v) is 9.94. The number of benzene rings is 1. The molecule has 2 aliphatic heterocycles. The van der Waals surface area contributed by atoms with Gasteiger partial charge in [-0.05, 0) is 37.3 Å². The van der Waals surface area contributed by atoms with Crippen LogP contribution in [0.4, 0.5) is 0 Å². The Bertz CT molecular complexity index is 935. The second kappa shape index (κ2) is 8.93. The van der Waals surface area contributed by atoms with Crippen molar-refractivity contribution >= 4 is 45.0 Å². The van der Waals surface area contributed by atoms with Crippen molar-refractivity contribution in [1.29, 1.82) is 0 Å². The molecule has 3 rings (SSSR count). The molecule has 1 saturated heterocycles. The first-order valence-electron chi connectivity index (χ1n) is 9.44. The van der Waals surface area contributed by atoms with E-state index >= 15 is 0 Å². The number of likely N-dealkylation sites (tertiary alicyclic amines) is 1. The molecule has 10 heteroatoms. The highest BCUT2D eigenvalue weighted by atomic mass is 35.5. The number of nitrogens with one attached hydrogen (secondary N) is 1. The number of halogens is 2. The molecule has 29 heavy (non-hydrogen) atoms. The van der Waals surface area contributed by atoms with E-state index < -0.39 is 22.0 Å². The molecular formula is C19H23Cl2N3O4S. The second-order valence-electron chi connectivity index (χ2n) is 7.35. The topological polar surface area (TPSA) is 86.8 Å². The molecule has 1 N–H and O–H groups in total. The summed E-state index contributed by atoms with van der Waals surface area (Å²) in [6.45, 7) is 3.37. The third-order valence-electron chi connectivity index (χ3n) is 5.27. The van der Waals surface area contributed by atoms with Gasteiger partial charge in [0.2, 0.25) is 11.8 Å². The highest BCUT2D eigenvalue weighted by molar-refractivity contribution is 7.89. The Hall–Kier alpha value is -1.77. The molecule has 1 aromatic rings. The summed E-state index contributed by atoms with van der Waals surface area (Å²) in [6, 6.07) is 3.06. The fourth-order valence-corrected chi connectivity index (χ4v) is 5.73. The molecule has 0 aliphatic carbocycles. The summed E-state index contributed by atoms with van der Waals surface area (Å²) in [5.74, 6) is -0.270. The average Bonchev–Trinajstić information content (AvgIpc) is 2.89. The summed E-state index contributed by atoms with van der Waals surface area (Å²) >= 11 is 12.1. The average molecular weight is 460 g/mol. The van der Waals surface area contributed by atoms with Crippen LogP contribution in [0.1, 0.15) is 32.6 Å². The van der Waals surface area contributed by atoms with Crippen molar-refractivity contribution in [3.8, 4) is 0 Å². The van der Waals surface area contributed by atoms with Crippen LogP contribution in [0.25, 0.3) is 0 Å². The first kappa shape index (κ1) is 21.9. The summed E-state index contributed by atoms with van der Waals surface area (Å²) < 4.78 is 27.3. The van der Waals surface area contributed by atoms with Crippen LogP contribution < -0.4 is 5.32 Å². The zero-order chi connectivity index (χ0) is 21.2. The number of carbonyl (C=O) groups excluding carboxylic acids is 2. The molecule has 0 aromatic heterocycles. The smallest absolute Gasteiger partial charge is 0.266 e. The Morgan fingerprint density at radius 2 is 2.00 bits per heavy atom. The van der Waals surface area contributed by atoms with E-state index in [-0.39, 0.29) is 27.3 Å². The summed E-state index contributed by atoms with van der Waals surface area (Å²) in [5, 5.41) is 2.45. The van der Waals surface area contributed by atoms with Crippen molar-refractivity contribution in [3.63, 3.8) is 0 Å². The van der Waals surface area contributed by atoms with Gasteiger partial charge in [-0.15, -0.1) is 0 Å². The number of nitrogens with zero attached hydrogens (tertiary/aromatic N) is 2. The number of sulfonamides is 1. The van der Waals surface area contributed by atoms with Crippen LogP contribution >= 0.6 is 23.2 Å². The number of carbonyl (C=O) groups is 2. The molecule has 0 saturated carbocycles. The largest absolute Gasteiger partial charge is 0.343 e. The Kier molecular flexibility index (Phi) is 6.76. The monoisotopic (exact) mass is 459 g/mol. The van der Waals surface area contributed by atoms with E-state index in [1.807, 2.05) is 0 Å². The molecule has 7 nitrogen and oxygen atoms in total.